The Morgan fingerprint density at radius 3 is 2.28 bits per heavy atom. The number of rotatable bonds is 5. The van der Waals surface area contributed by atoms with Crippen LogP contribution in [0.3, 0.4) is 0 Å². The minimum Gasteiger partial charge on any atom is -0.433 e. The average molecular weight is 339 g/mol. The summed E-state index contributed by atoms with van der Waals surface area (Å²) in [6, 6.07) is 10.9. The Balaban J connectivity index is 1.92. The zero-order chi connectivity index (χ0) is 18.0. The Morgan fingerprint density at radius 1 is 0.960 bits per heavy atom. The number of aromatic nitrogens is 1. The standard InChI is InChI=1S/C16H9N3O6/c20-15(11-4-2-6-13(8-11)19(23)24)16-17-9-14(25-16)10-3-1-5-12(7-10)18(21)22/h1-9H. The minimum absolute atomic E-state index is 0.0571. The molecule has 0 aliphatic rings. The van der Waals surface area contributed by atoms with E-state index in [0.29, 0.717) is 5.56 Å². The van der Waals surface area contributed by atoms with Gasteiger partial charge in [0.15, 0.2) is 5.76 Å². The van der Waals surface area contributed by atoms with Gasteiger partial charge in [0.1, 0.15) is 0 Å². The third-order valence-corrected chi connectivity index (χ3v) is 3.36. The number of nitro groups is 2. The Bertz CT molecular complexity index is 995. The van der Waals surface area contributed by atoms with Crippen LogP contribution >= 0.6 is 0 Å². The van der Waals surface area contributed by atoms with Gasteiger partial charge in [0.25, 0.3) is 17.3 Å². The number of carbonyl (C=O) groups excluding carboxylic acids is 1. The van der Waals surface area contributed by atoms with Crippen molar-refractivity contribution in [3.8, 4) is 11.3 Å². The van der Waals surface area contributed by atoms with Crippen LogP contribution in [-0.2, 0) is 0 Å². The van der Waals surface area contributed by atoms with Crippen LogP contribution in [0, 0.1) is 20.2 Å². The van der Waals surface area contributed by atoms with Gasteiger partial charge < -0.3 is 4.42 Å². The molecule has 0 fully saturated rings. The Hall–Kier alpha value is -3.88. The summed E-state index contributed by atoms with van der Waals surface area (Å²) < 4.78 is 5.37. The van der Waals surface area contributed by atoms with Gasteiger partial charge in [0.05, 0.1) is 16.0 Å². The van der Waals surface area contributed by atoms with Gasteiger partial charge in [-0.15, -0.1) is 0 Å². The minimum atomic E-state index is -0.625. The summed E-state index contributed by atoms with van der Waals surface area (Å²) in [5.74, 6) is -0.708. The van der Waals surface area contributed by atoms with E-state index in [-0.39, 0.29) is 28.6 Å². The molecule has 0 saturated carbocycles. The zero-order valence-electron chi connectivity index (χ0n) is 12.5. The molecule has 124 valence electrons. The van der Waals surface area contributed by atoms with Gasteiger partial charge in [0.2, 0.25) is 5.78 Å². The number of benzene rings is 2. The number of non-ortho nitro benzene ring substituents is 2. The van der Waals surface area contributed by atoms with Crippen LogP contribution in [0.1, 0.15) is 16.2 Å². The van der Waals surface area contributed by atoms with Gasteiger partial charge in [-0.2, -0.15) is 0 Å². The summed E-state index contributed by atoms with van der Waals surface area (Å²) in [5.41, 5.74) is 0.0956. The van der Waals surface area contributed by atoms with E-state index >= 15 is 0 Å². The van der Waals surface area contributed by atoms with Crippen LogP contribution in [0.15, 0.2) is 59.1 Å². The van der Waals surface area contributed by atoms with Crippen LogP contribution < -0.4 is 0 Å². The first kappa shape index (κ1) is 16.0. The quantitative estimate of drug-likeness (QED) is 0.395. The first-order valence-electron chi connectivity index (χ1n) is 6.95. The van der Waals surface area contributed by atoms with E-state index in [4.69, 9.17) is 4.42 Å². The van der Waals surface area contributed by atoms with E-state index < -0.39 is 15.6 Å². The van der Waals surface area contributed by atoms with Crippen LogP contribution in [-0.4, -0.2) is 20.6 Å². The molecule has 0 N–H and O–H groups in total. The highest BCUT2D eigenvalue weighted by Crippen LogP contribution is 2.25. The molecule has 0 saturated heterocycles. The largest absolute Gasteiger partial charge is 0.433 e. The van der Waals surface area contributed by atoms with Crippen LogP contribution in [0.5, 0.6) is 0 Å². The van der Waals surface area contributed by atoms with Crippen molar-refractivity contribution in [2.45, 2.75) is 0 Å². The molecule has 0 atom stereocenters. The second-order valence-corrected chi connectivity index (χ2v) is 4.97. The van der Waals surface area contributed by atoms with Gasteiger partial charge in [-0.3, -0.25) is 25.0 Å². The van der Waals surface area contributed by atoms with Crippen molar-refractivity contribution in [3.63, 3.8) is 0 Å². The normalized spacial score (nSPS) is 10.4. The van der Waals surface area contributed by atoms with Gasteiger partial charge in [-0.05, 0) is 0 Å². The third-order valence-electron chi connectivity index (χ3n) is 3.36. The number of ketones is 1. The fourth-order valence-corrected chi connectivity index (χ4v) is 2.17. The van der Waals surface area contributed by atoms with Crippen molar-refractivity contribution in [2.75, 3.05) is 0 Å². The van der Waals surface area contributed by atoms with Gasteiger partial charge in [-0.1, -0.05) is 24.3 Å². The van der Waals surface area contributed by atoms with Crippen LogP contribution in [0.2, 0.25) is 0 Å². The molecule has 0 aliphatic carbocycles. The fourth-order valence-electron chi connectivity index (χ4n) is 2.17. The maximum absolute atomic E-state index is 12.4. The van der Waals surface area contributed by atoms with Crippen molar-refractivity contribution in [1.82, 2.24) is 4.98 Å². The Morgan fingerprint density at radius 2 is 1.60 bits per heavy atom. The molecule has 9 nitrogen and oxygen atoms in total. The van der Waals surface area contributed by atoms with E-state index in [1.54, 1.807) is 6.07 Å². The molecule has 1 heterocycles. The van der Waals surface area contributed by atoms with Crippen molar-refractivity contribution >= 4 is 17.2 Å². The number of nitro benzene ring substituents is 2. The van der Waals surface area contributed by atoms with Crippen LogP contribution in [0.25, 0.3) is 11.3 Å². The molecule has 0 spiro atoms. The van der Waals surface area contributed by atoms with E-state index in [9.17, 15) is 25.0 Å². The maximum Gasteiger partial charge on any atom is 0.270 e. The average Bonchev–Trinajstić information content (AvgIpc) is 3.11. The number of oxazole rings is 1. The lowest BCUT2D eigenvalue weighted by Crippen LogP contribution is -2.02. The molecule has 2 aromatic carbocycles. The van der Waals surface area contributed by atoms with Gasteiger partial charge >= 0.3 is 0 Å². The molecule has 25 heavy (non-hydrogen) atoms. The molecule has 0 amide bonds. The lowest BCUT2D eigenvalue weighted by atomic mass is 10.1. The summed E-state index contributed by atoms with van der Waals surface area (Å²) in [5, 5.41) is 21.6. The lowest BCUT2D eigenvalue weighted by molar-refractivity contribution is -0.385. The molecule has 3 aromatic rings. The number of nitrogens with zero attached hydrogens (tertiary/aromatic N) is 3. The molecule has 0 aliphatic heterocycles. The second kappa shape index (κ2) is 6.32. The topological polar surface area (TPSA) is 129 Å². The van der Waals surface area contributed by atoms with Crippen molar-refractivity contribution < 1.29 is 19.1 Å². The highest BCUT2D eigenvalue weighted by atomic mass is 16.6. The van der Waals surface area contributed by atoms with Gasteiger partial charge in [0, 0.05) is 35.4 Å². The third kappa shape index (κ3) is 3.24. The van der Waals surface area contributed by atoms with Crippen molar-refractivity contribution in [2.24, 2.45) is 0 Å². The zero-order valence-corrected chi connectivity index (χ0v) is 12.5. The summed E-state index contributed by atoms with van der Waals surface area (Å²) in [6.45, 7) is 0. The molecule has 3 rings (SSSR count). The summed E-state index contributed by atoms with van der Waals surface area (Å²) in [6.07, 6.45) is 1.27. The summed E-state index contributed by atoms with van der Waals surface area (Å²) >= 11 is 0. The molecular formula is C16H9N3O6. The highest BCUT2D eigenvalue weighted by molar-refractivity contribution is 6.06. The van der Waals surface area contributed by atoms with Gasteiger partial charge in [-0.25, -0.2) is 4.98 Å². The Kier molecular flexibility index (Phi) is 4.04. The van der Waals surface area contributed by atoms with E-state index in [1.165, 1.54) is 42.6 Å². The molecule has 1 aromatic heterocycles. The fraction of sp³-hybridized carbons (Fsp3) is 0. The number of carbonyl (C=O) groups is 1. The first-order valence-corrected chi connectivity index (χ1v) is 6.95. The smallest absolute Gasteiger partial charge is 0.270 e. The molecule has 0 bridgehead atoms. The van der Waals surface area contributed by atoms with Crippen LogP contribution in [0.4, 0.5) is 11.4 Å². The molecular weight excluding hydrogens is 330 g/mol. The first-order chi connectivity index (χ1) is 12.0. The SMILES string of the molecule is O=C(c1cccc([N+](=O)[O-])c1)c1ncc(-c2cccc([N+](=O)[O-])c2)o1. The van der Waals surface area contributed by atoms with E-state index in [0.717, 1.165) is 6.07 Å². The van der Waals surface area contributed by atoms with E-state index in [1.807, 2.05) is 0 Å². The summed E-state index contributed by atoms with van der Waals surface area (Å²) in [7, 11) is 0. The van der Waals surface area contributed by atoms with Crippen molar-refractivity contribution in [3.05, 3.63) is 86.4 Å². The monoisotopic (exact) mass is 339 g/mol. The van der Waals surface area contributed by atoms with Crippen molar-refractivity contribution in [1.29, 1.82) is 0 Å². The second-order valence-electron chi connectivity index (χ2n) is 4.97. The highest BCUT2D eigenvalue weighted by Gasteiger charge is 2.19. The van der Waals surface area contributed by atoms with E-state index in [2.05, 4.69) is 4.98 Å². The predicted molar refractivity (Wildman–Crippen MR) is 85.1 cm³/mol. The summed E-state index contributed by atoms with van der Waals surface area (Å²) in [4.78, 5) is 36.7. The number of hydrogen-bond acceptors (Lipinski definition) is 7. The Labute approximate surface area is 139 Å². The maximum atomic E-state index is 12.4. The molecule has 0 unspecified atom stereocenters. The lowest BCUT2D eigenvalue weighted by Gasteiger charge is -1.98. The molecule has 0 radical (unpaired) electrons. The number of hydrogen-bond donors (Lipinski definition) is 0. The molecule has 9 heteroatoms. The predicted octanol–water partition coefficient (Wildman–Crippen LogP) is 3.39.